The Morgan fingerprint density at radius 3 is 2.45 bits per heavy atom. The van der Waals surface area contributed by atoms with E-state index in [0.717, 1.165) is 0 Å². The van der Waals surface area contributed by atoms with Crippen LogP contribution in [-0.2, 0) is 11.3 Å². The van der Waals surface area contributed by atoms with E-state index in [4.69, 9.17) is 4.74 Å². The monoisotopic (exact) mass is 275 g/mol. The molecule has 0 aliphatic rings. The van der Waals surface area contributed by atoms with E-state index < -0.39 is 16.7 Å². The quantitative estimate of drug-likeness (QED) is 0.488. The average Bonchev–Trinajstić information content (AvgIpc) is 2.46. The number of rotatable bonds is 4. The summed E-state index contributed by atoms with van der Waals surface area (Å²) in [5.41, 5.74) is 0.176. The van der Waals surface area contributed by atoms with Crippen LogP contribution in [0.25, 0.3) is 0 Å². The number of nitro groups is 1. The minimum atomic E-state index is -0.790. The molecule has 0 amide bonds. The highest BCUT2D eigenvalue weighted by atomic mass is 19.1. The number of hydrogen-bond acceptors (Lipinski definition) is 4. The summed E-state index contributed by atoms with van der Waals surface area (Å²) in [7, 11) is 0. The number of benzene rings is 2. The maximum Gasteiger partial charge on any atom is 0.345 e. The maximum absolute atomic E-state index is 12.7. The van der Waals surface area contributed by atoms with Gasteiger partial charge in [0.2, 0.25) is 0 Å². The van der Waals surface area contributed by atoms with Gasteiger partial charge in [0.1, 0.15) is 18.0 Å². The zero-order chi connectivity index (χ0) is 14.5. The van der Waals surface area contributed by atoms with Crippen LogP contribution in [0.15, 0.2) is 48.5 Å². The predicted octanol–water partition coefficient (Wildman–Crippen LogP) is 3.09. The number of ether oxygens (including phenoxy) is 1. The fourth-order valence-electron chi connectivity index (χ4n) is 1.61. The van der Waals surface area contributed by atoms with E-state index in [9.17, 15) is 19.3 Å². The Kier molecular flexibility index (Phi) is 4.05. The largest absolute Gasteiger partial charge is 0.457 e. The fraction of sp³-hybridized carbons (Fsp3) is 0.0714. The van der Waals surface area contributed by atoms with Gasteiger partial charge in [0.25, 0.3) is 5.69 Å². The molecule has 0 atom stereocenters. The van der Waals surface area contributed by atoms with Crippen LogP contribution in [0.5, 0.6) is 0 Å². The number of hydrogen-bond donors (Lipinski definition) is 0. The lowest BCUT2D eigenvalue weighted by Gasteiger charge is -2.05. The van der Waals surface area contributed by atoms with Gasteiger partial charge < -0.3 is 4.74 Å². The van der Waals surface area contributed by atoms with E-state index in [1.165, 1.54) is 48.5 Å². The Morgan fingerprint density at radius 2 is 1.80 bits per heavy atom. The Balaban J connectivity index is 2.09. The summed E-state index contributed by atoms with van der Waals surface area (Å²) in [4.78, 5) is 22.0. The second kappa shape index (κ2) is 5.92. The summed E-state index contributed by atoms with van der Waals surface area (Å²) in [6, 6.07) is 11.0. The van der Waals surface area contributed by atoms with Crippen molar-refractivity contribution in [1.29, 1.82) is 0 Å². The molecule has 0 radical (unpaired) electrons. The third-order valence-corrected chi connectivity index (χ3v) is 2.60. The van der Waals surface area contributed by atoms with Crippen molar-refractivity contribution in [3.63, 3.8) is 0 Å². The molecule has 2 rings (SSSR count). The lowest BCUT2D eigenvalue weighted by molar-refractivity contribution is -0.385. The van der Waals surface area contributed by atoms with Gasteiger partial charge in [-0.2, -0.15) is 0 Å². The van der Waals surface area contributed by atoms with Crippen molar-refractivity contribution < 1.29 is 18.8 Å². The summed E-state index contributed by atoms with van der Waals surface area (Å²) in [6.07, 6.45) is 0. The van der Waals surface area contributed by atoms with Crippen molar-refractivity contribution in [3.8, 4) is 0 Å². The number of carbonyl (C=O) groups excluding carboxylic acids is 1. The molecular formula is C14H10FNO4. The summed E-state index contributed by atoms with van der Waals surface area (Å²) in [5.74, 6) is -1.18. The zero-order valence-electron chi connectivity index (χ0n) is 10.3. The Hall–Kier alpha value is -2.76. The van der Waals surface area contributed by atoms with Gasteiger partial charge in [-0.3, -0.25) is 10.1 Å². The van der Waals surface area contributed by atoms with Gasteiger partial charge in [-0.1, -0.05) is 24.3 Å². The highest BCUT2D eigenvalue weighted by Gasteiger charge is 2.20. The molecule has 0 N–H and O–H groups in total. The first-order valence-corrected chi connectivity index (χ1v) is 5.73. The van der Waals surface area contributed by atoms with Crippen molar-refractivity contribution in [1.82, 2.24) is 0 Å². The Bertz CT molecular complexity index is 640. The van der Waals surface area contributed by atoms with Gasteiger partial charge in [0.05, 0.1) is 4.92 Å². The van der Waals surface area contributed by atoms with Crippen LogP contribution in [0.1, 0.15) is 15.9 Å². The standard InChI is InChI=1S/C14H10FNO4/c15-11-7-5-10(6-8-11)9-20-14(17)12-3-1-2-4-13(12)16(18)19/h1-8H,9H2. The van der Waals surface area contributed by atoms with Crippen molar-refractivity contribution >= 4 is 11.7 Å². The topological polar surface area (TPSA) is 69.4 Å². The molecule has 20 heavy (non-hydrogen) atoms. The number of esters is 1. The fourth-order valence-corrected chi connectivity index (χ4v) is 1.61. The number of carbonyl (C=O) groups is 1. The predicted molar refractivity (Wildman–Crippen MR) is 68.6 cm³/mol. The summed E-state index contributed by atoms with van der Waals surface area (Å²) >= 11 is 0. The van der Waals surface area contributed by atoms with E-state index in [-0.39, 0.29) is 17.9 Å². The summed E-state index contributed by atoms with van der Waals surface area (Å²) in [5, 5.41) is 10.8. The molecule has 0 saturated carbocycles. The van der Waals surface area contributed by atoms with E-state index in [1.54, 1.807) is 0 Å². The number of nitro benzene ring substituents is 1. The normalized spacial score (nSPS) is 10.1. The van der Waals surface area contributed by atoms with E-state index in [0.29, 0.717) is 5.56 Å². The minimum absolute atomic E-state index is 0.0782. The van der Waals surface area contributed by atoms with Crippen molar-refractivity contribution in [2.24, 2.45) is 0 Å². The molecule has 0 bridgehead atoms. The summed E-state index contributed by atoms with van der Waals surface area (Å²) < 4.78 is 17.7. The molecule has 0 heterocycles. The number of halogens is 1. The molecular weight excluding hydrogens is 265 g/mol. The molecule has 102 valence electrons. The average molecular weight is 275 g/mol. The zero-order valence-corrected chi connectivity index (χ0v) is 10.3. The van der Waals surface area contributed by atoms with Gasteiger partial charge in [-0.15, -0.1) is 0 Å². The molecule has 6 heteroatoms. The van der Waals surface area contributed by atoms with Crippen LogP contribution in [0.2, 0.25) is 0 Å². The second-order valence-electron chi connectivity index (χ2n) is 3.98. The van der Waals surface area contributed by atoms with E-state index in [1.807, 2.05) is 0 Å². The Labute approximate surface area is 113 Å². The second-order valence-corrected chi connectivity index (χ2v) is 3.98. The third kappa shape index (κ3) is 3.17. The smallest absolute Gasteiger partial charge is 0.345 e. The van der Waals surface area contributed by atoms with Crippen LogP contribution >= 0.6 is 0 Å². The van der Waals surface area contributed by atoms with Crippen LogP contribution in [0.3, 0.4) is 0 Å². The van der Waals surface area contributed by atoms with Crippen LogP contribution in [0, 0.1) is 15.9 Å². The van der Waals surface area contributed by atoms with Crippen LogP contribution in [0.4, 0.5) is 10.1 Å². The lowest BCUT2D eigenvalue weighted by atomic mass is 10.2. The maximum atomic E-state index is 12.7. The molecule has 0 saturated heterocycles. The van der Waals surface area contributed by atoms with Crippen LogP contribution in [-0.4, -0.2) is 10.9 Å². The molecule has 0 aliphatic heterocycles. The van der Waals surface area contributed by atoms with Crippen molar-refractivity contribution in [2.75, 3.05) is 0 Å². The van der Waals surface area contributed by atoms with Gasteiger partial charge >= 0.3 is 5.97 Å². The number of para-hydroxylation sites is 1. The molecule has 0 fully saturated rings. The van der Waals surface area contributed by atoms with Gasteiger partial charge in [-0.05, 0) is 23.8 Å². The molecule has 0 aliphatic carbocycles. The highest BCUT2D eigenvalue weighted by Crippen LogP contribution is 2.19. The molecule has 0 aromatic heterocycles. The first-order chi connectivity index (χ1) is 9.58. The molecule has 0 spiro atoms. The van der Waals surface area contributed by atoms with Crippen molar-refractivity contribution in [3.05, 3.63) is 75.6 Å². The Morgan fingerprint density at radius 1 is 1.15 bits per heavy atom. The van der Waals surface area contributed by atoms with Crippen molar-refractivity contribution in [2.45, 2.75) is 6.61 Å². The van der Waals surface area contributed by atoms with Gasteiger partial charge in [-0.25, -0.2) is 9.18 Å². The molecule has 0 unspecified atom stereocenters. The molecule has 2 aromatic carbocycles. The summed E-state index contributed by atoms with van der Waals surface area (Å²) in [6.45, 7) is -0.0782. The SMILES string of the molecule is O=C(OCc1ccc(F)cc1)c1ccccc1[N+](=O)[O-]. The highest BCUT2D eigenvalue weighted by molar-refractivity contribution is 5.93. The molecule has 2 aromatic rings. The third-order valence-electron chi connectivity index (χ3n) is 2.60. The molecule has 5 nitrogen and oxygen atoms in total. The number of nitrogens with zero attached hydrogens (tertiary/aromatic N) is 1. The van der Waals surface area contributed by atoms with E-state index >= 15 is 0 Å². The van der Waals surface area contributed by atoms with Crippen LogP contribution < -0.4 is 0 Å². The first-order valence-electron chi connectivity index (χ1n) is 5.73. The minimum Gasteiger partial charge on any atom is -0.457 e. The van der Waals surface area contributed by atoms with Gasteiger partial charge in [0.15, 0.2) is 0 Å². The lowest BCUT2D eigenvalue weighted by Crippen LogP contribution is -2.08. The first kappa shape index (κ1) is 13.7. The van der Waals surface area contributed by atoms with Gasteiger partial charge in [0, 0.05) is 6.07 Å². The van der Waals surface area contributed by atoms with E-state index in [2.05, 4.69) is 0 Å².